The predicted octanol–water partition coefficient (Wildman–Crippen LogP) is 2.03. The first-order chi connectivity index (χ1) is 9.00. The topological polar surface area (TPSA) is 94.8 Å². The summed E-state index contributed by atoms with van der Waals surface area (Å²) in [6.45, 7) is 0. The Bertz CT molecular complexity index is 661. The molecule has 0 unspecified atom stereocenters. The van der Waals surface area contributed by atoms with E-state index in [9.17, 15) is 19.8 Å². The van der Waals surface area contributed by atoms with Crippen LogP contribution < -0.4 is 0 Å². The molecule has 0 saturated carbocycles. The highest BCUT2D eigenvalue weighted by molar-refractivity contribution is 6.15. The summed E-state index contributed by atoms with van der Waals surface area (Å²) in [5.74, 6) is -2.41. The van der Waals surface area contributed by atoms with Crippen molar-refractivity contribution in [3.63, 3.8) is 0 Å². The molecule has 2 aromatic rings. The van der Waals surface area contributed by atoms with Crippen LogP contribution in [0.1, 0.15) is 26.3 Å². The van der Waals surface area contributed by atoms with Gasteiger partial charge in [-0.3, -0.25) is 4.79 Å². The van der Waals surface area contributed by atoms with Gasteiger partial charge < -0.3 is 15.3 Å². The molecule has 2 rings (SSSR count). The number of ketones is 1. The summed E-state index contributed by atoms with van der Waals surface area (Å²) < 4.78 is 0. The monoisotopic (exact) mass is 258 g/mol. The van der Waals surface area contributed by atoms with E-state index in [0.29, 0.717) is 0 Å². The minimum Gasteiger partial charge on any atom is -0.508 e. The molecule has 0 bridgehead atoms. The first kappa shape index (κ1) is 12.6. The molecule has 0 spiro atoms. The highest BCUT2D eigenvalue weighted by Crippen LogP contribution is 2.24. The van der Waals surface area contributed by atoms with Crippen molar-refractivity contribution in [1.82, 2.24) is 0 Å². The van der Waals surface area contributed by atoms with E-state index in [1.54, 1.807) is 12.1 Å². The van der Waals surface area contributed by atoms with Gasteiger partial charge in [-0.25, -0.2) is 4.79 Å². The molecule has 0 aliphatic heterocycles. The summed E-state index contributed by atoms with van der Waals surface area (Å²) in [4.78, 5) is 23.3. The number of rotatable bonds is 3. The zero-order valence-corrected chi connectivity index (χ0v) is 9.70. The SMILES string of the molecule is O=C(O)c1cc(O)ccc1C(=O)c1ccccc1O. The first-order valence-electron chi connectivity index (χ1n) is 5.39. The minimum absolute atomic E-state index is 0.00990. The lowest BCUT2D eigenvalue weighted by Crippen LogP contribution is -2.09. The van der Waals surface area contributed by atoms with Gasteiger partial charge in [-0.15, -0.1) is 0 Å². The van der Waals surface area contributed by atoms with Gasteiger partial charge in [0.1, 0.15) is 11.5 Å². The summed E-state index contributed by atoms with van der Waals surface area (Å²) in [6.07, 6.45) is 0. The summed E-state index contributed by atoms with van der Waals surface area (Å²) in [5, 5.41) is 27.9. The van der Waals surface area contributed by atoms with Gasteiger partial charge in [0.2, 0.25) is 0 Å². The normalized spacial score (nSPS) is 10.1. The predicted molar refractivity (Wildman–Crippen MR) is 66.6 cm³/mol. The number of carboxylic acids is 1. The van der Waals surface area contributed by atoms with Crippen LogP contribution in [-0.4, -0.2) is 27.1 Å². The molecule has 0 radical (unpaired) electrons. The number of carbonyl (C=O) groups excluding carboxylic acids is 1. The molecular formula is C14H10O5. The van der Waals surface area contributed by atoms with Gasteiger partial charge in [-0.1, -0.05) is 12.1 Å². The van der Waals surface area contributed by atoms with E-state index in [2.05, 4.69) is 0 Å². The Morgan fingerprint density at radius 3 is 2.16 bits per heavy atom. The fourth-order valence-electron chi connectivity index (χ4n) is 1.72. The summed E-state index contributed by atoms with van der Waals surface area (Å²) >= 11 is 0. The Labute approximate surface area is 108 Å². The lowest BCUT2D eigenvalue weighted by atomic mass is 9.97. The average molecular weight is 258 g/mol. The van der Waals surface area contributed by atoms with E-state index >= 15 is 0 Å². The molecular weight excluding hydrogens is 248 g/mol. The Hall–Kier alpha value is -2.82. The largest absolute Gasteiger partial charge is 0.508 e. The fraction of sp³-hybridized carbons (Fsp3) is 0. The molecule has 0 aliphatic carbocycles. The van der Waals surface area contributed by atoms with Crippen LogP contribution in [0.15, 0.2) is 42.5 Å². The number of phenols is 2. The van der Waals surface area contributed by atoms with E-state index in [0.717, 1.165) is 6.07 Å². The number of phenolic OH excluding ortho intramolecular Hbond substituents is 2. The second-order valence-corrected chi connectivity index (χ2v) is 3.88. The number of aromatic carboxylic acids is 1. The van der Waals surface area contributed by atoms with Gasteiger partial charge in [0.15, 0.2) is 5.78 Å². The minimum atomic E-state index is -1.32. The molecule has 5 nitrogen and oxygen atoms in total. The smallest absolute Gasteiger partial charge is 0.336 e. The third-order valence-corrected chi connectivity index (χ3v) is 2.63. The van der Waals surface area contributed by atoms with Crippen LogP contribution in [0.4, 0.5) is 0 Å². The summed E-state index contributed by atoms with van der Waals surface area (Å²) in [6, 6.07) is 9.29. The molecule has 0 aliphatic rings. The molecule has 96 valence electrons. The van der Waals surface area contributed by atoms with Crippen LogP contribution in [-0.2, 0) is 0 Å². The molecule has 5 heteroatoms. The molecule has 19 heavy (non-hydrogen) atoms. The molecule has 3 N–H and O–H groups in total. The summed E-state index contributed by atoms with van der Waals surface area (Å²) in [5.41, 5.74) is -0.393. The van der Waals surface area contributed by atoms with Crippen molar-refractivity contribution in [1.29, 1.82) is 0 Å². The average Bonchev–Trinajstić information content (AvgIpc) is 2.38. The maximum atomic E-state index is 12.2. The van der Waals surface area contributed by atoms with Crippen molar-refractivity contribution in [3.05, 3.63) is 59.2 Å². The molecule has 0 heterocycles. The Kier molecular flexibility index (Phi) is 3.20. The quantitative estimate of drug-likeness (QED) is 0.732. The molecule has 0 fully saturated rings. The van der Waals surface area contributed by atoms with Crippen molar-refractivity contribution < 1.29 is 24.9 Å². The van der Waals surface area contributed by atoms with Crippen LogP contribution in [0.3, 0.4) is 0 Å². The number of aromatic hydroxyl groups is 2. The van der Waals surface area contributed by atoms with E-state index in [1.807, 2.05) is 0 Å². The van der Waals surface area contributed by atoms with Gasteiger partial charge in [0.25, 0.3) is 0 Å². The maximum Gasteiger partial charge on any atom is 0.336 e. The van der Waals surface area contributed by atoms with Crippen molar-refractivity contribution in [3.8, 4) is 11.5 Å². The molecule has 0 atom stereocenters. The number of hydrogen-bond acceptors (Lipinski definition) is 4. The molecule has 0 saturated heterocycles. The Morgan fingerprint density at radius 1 is 0.842 bits per heavy atom. The second kappa shape index (κ2) is 4.81. The lowest BCUT2D eigenvalue weighted by Gasteiger charge is -2.07. The second-order valence-electron chi connectivity index (χ2n) is 3.88. The van der Waals surface area contributed by atoms with Crippen LogP contribution in [0.2, 0.25) is 0 Å². The third kappa shape index (κ3) is 2.40. The highest BCUT2D eigenvalue weighted by Gasteiger charge is 2.20. The number of hydrogen-bond donors (Lipinski definition) is 3. The Balaban J connectivity index is 2.57. The lowest BCUT2D eigenvalue weighted by molar-refractivity contribution is 0.0692. The number of benzene rings is 2. The Morgan fingerprint density at radius 2 is 1.53 bits per heavy atom. The van der Waals surface area contributed by atoms with Gasteiger partial charge in [-0.2, -0.15) is 0 Å². The van der Waals surface area contributed by atoms with Crippen LogP contribution in [0.25, 0.3) is 0 Å². The third-order valence-electron chi connectivity index (χ3n) is 2.63. The molecule has 0 aromatic heterocycles. The number of para-hydroxylation sites is 1. The molecule has 2 aromatic carbocycles. The summed E-state index contributed by atoms with van der Waals surface area (Å²) in [7, 11) is 0. The number of carboxylic acid groups (broad SMARTS) is 1. The van der Waals surface area contributed by atoms with Crippen molar-refractivity contribution >= 4 is 11.8 Å². The van der Waals surface area contributed by atoms with Crippen LogP contribution in [0.5, 0.6) is 11.5 Å². The first-order valence-corrected chi connectivity index (χ1v) is 5.39. The maximum absolute atomic E-state index is 12.2. The molecule has 0 amide bonds. The van der Waals surface area contributed by atoms with E-state index in [4.69, 9.17) is 5.11 Å². The van der Waals surface area contributed by atoms with E-state index < -0.39 is 11.8 Å². The zero-order chi connectivity index (χ0) is 14.0. The van der Waals surface area contributed by atoms with Gasteiger partial charge in [-0.05, 0) is 30.3 Å². The van der Waals surface area contributed by atoms with Gasteiger partial charge >= 0.3 is 5.97 Å². The standard InChI is InChI=1S/C14H10O5/c15-8-5-6-9(11(7-8)14(18)19)13(17)10-3-1-2-4-12(10)16/h1-7,15-16H,(H,18,19). The number of carbonyl (C=O) groups is 2. The van der Waals surface area contributed by atoms with Crippen molar-refractivity contribution in [2.75, 3.05) is 0 Å². The fourth-order valence-corrected chi connectivity index (χ4v) is 1.72. The van der Waals surface area contributed by atoms with Crippen LogP contribution in [0, 0.1) is 0 Å². The van der Waals surface area contributed by atoms with E-state index in [1.165, 1.54) is 24.3 Å². The zero-order valence-electron chi connectivity index (χ0n) is 9.70. The van der Waals surface area contributed by atoms with Gasteiger partial charge in [0, 0.05) is 5.56 Å². The van der Waals surface area contributed by atoms with Gasteiger partial charge in [0.05, 0.1) is 11.1 Å². The van der Waals surface area contributed by atoms with E-state index in [-0.39, 0.29) is 28.2 Å². The highest BCUT2D eigenvalue weighted by atomic mass is 16.4. The van der Waals surface area contributed by atoms with Crippen molar-refractivity contribution in [2.24, 2.45) is 0 Å². The van der Waals surface area contributed by atoms with Crippen molar-refractivity contribution in [2.45, 2.75) is 0 Å². The van der Waals surface area contributed by atoms with Crippen LogP contribution >= 0.6 is 0 Å².